The number of rotatable bonds is 11. The van der Waals surface area contributed by atoms with Crippen molar-refractivity contribution in [2.24, 2.45) is 0 Å². The predicted octanol–water partition coefficient (Wildman–Crippen LogP) is 3.13. The van der Waals surface area contributed by atoms with E-state index >= 15 is 0 Å². The lowest BCUT2D eigenvalue weighted by Gasteiger charge is -2.34. The molecule has 3 rings (SSSR count). The molecule has 0 aliphatic heterocycles. The number of hydrogen-bond acceptors (Lipinski definition) is 4. The fraction of sp³-hybridized carbons (Fsp3) is 0.286. The molecule has 0 aromatic heterocycles. The van der Waals surface area contributed by atoms with Crippen molar-refractivity contribution >= 4 is 27.7 Å². The first kappa shape index (κ1) is 28.8. The van der Waals surface area contributed by atoms with Crippen LogP contribution in [-0.4, -0.2) is 63.2 Å². The zero-order valence-corrected chi connectivity index (χ0v) is 22.8. The number of nitrogens with one attached hydrogen (secondary N) is 1. The Morgan fingerprint density at radius 2 is 1.55 bits per heavy atom. The molecule has 0 aliphatic rings. The quantitative estimate of drug-likeness (QED) is 0.405. The normalized spacial score (nSPS) is 12.2. The molecule has 3 aromatic rings. The molecule has 0 aliphatic carbocycles. The van der Waals surface area contributed by atoms with Gasteiger partial charge in [-0.1, -0.05) is 60.2 Å². The molecule has 0 saturated heterocycles. The summed E-state index contributed by atoms with van der Waals surface area (Å²) in [6.45, 7) is 1.43. The van der Waals surface area contributed by atoms with Gasteiger partial charge in [0.05, 0.1) is 5.69 Å². The first-order valence-electron chi connectivity index (χ1n) is 12.1. The lowest BCUT2D eigenvalue weighted by molar-refractivity contribution is -0.139. The summed E-state index contributed by atoms with van der Waals surface area (Å²) < 4.78 is 42.0. The van der Waals surface area contributed by atoms with Crippen LogP contribution in [0.15, 0.2) is 78.9 Å². The summed E-state index contributed by atoms with van der Waals surface area (Å²) in [6.07, 6.45) is 0.231. The lowest BCUT2D eigenvalue weighted by atomic mass is 10.0. The maximum absolute atomic E-state index is 14.0. The van der Waals surface area contributed by atoms with E-state index in [0.717, 1.165) is 37.4 Å². The zero-order valence-electron chi connectivity index (χ0n) is 22.0. The van der Waals surface area contributed by atoms with E-state index < -0.39 is 34.5 Å². The van der Waals surface area contributed by atoms with Gasteiger partial charge in [0.2, 0.25) is 11.8 Å². The smallest absolute Gasteiger partial charge is 0.304 e. The minimum Gasteiger partial charge on any atom is -0.357 e. The standard InChI is InChI=1S/C28H33FN4O4S/c1-21-9-8-12-23(17-21)19-32(26(28(35)30-2)18-22-10-6-5-7-11-22)27(34)20-33(38(36,37)31(3)4)25-15-13-24(29)14-16-25/h5-17,26H,18-20H2,1-4H3,(H,30,35)/t26-/m1/s1. The summed E-state index contributed by atoms with van der Waals surface area (Å²) in [5.74, 6) is -1.49. The molecule has 1 N–H and O–H groups in total. The van der Waals surface area contributed by atoms with Crippen LogP contribution < -0.4 is 9.62 Å². The third-order valence-electron chi connectivity index (χ3n) is 6.09. The molecule has 38 heavy (non-hydrogen) atoms. The summed E-state index contributed by atoms with van der Waals surface area (Å²) in [5.41, 5.74) is 2.75. The van der Waals surface area contributed by atoms with Gasteiger partial charge in [0.15, 0.2) is 0 Å². The van der Waals surface area contributed by atoms with Crippen LogP contribution in [0.5, 0.6) is 0 Å². The second-order valence-electron chi connectivity index (χ2n) is 9.10. The first-order valence-corrected chi connectivity index (χ1v) is 13.5. The zero-order chi connectivity index (χ0) is 27.9. The number of carbonyl (C=O) groups excluding carboxylic acids is 2. The number of benzene rings is 3. The van der Waals surface area contributed by atoms with Crippen LogP contribution >= 0.6 is 0 Å². The lowest BCUT2D eigenvalue weighted by Crippen LogP contribution is -2.53. The third kappa shape index (κ3) is 7.17. The number of amides is 2. The molecule has 0 radical (unpaired) electrons. The molecule has 0 bridgehead atoms. The number of likely N-dealkylation sites (N-methyl/N-ethyl adjacent to an activating group) is 1. The Labute approximate surface area is 223 Å². The van der Waals surface area contributed by atoms with E-state index in [0.29, 0.717) is 0 Å². The van der Waals surface area contributed by atoms with Gasteiger partial charge in [0, 0.05) is 34.1 Å². The number of anilines is 1. The molecule has 0 unspecified atom stereocenters. The highest BCUT2D eigenvalue weighted by molar-refractivity contribution is 7.90. The summed E-state index contributed by atoms with van der Waals surface area (Å²) in [7, 11) is 0.0713. The Morgan fingerprint density at radius 3 is 2.13 bits per heavy atom. The number of nitrogens with zero attached hydrogens (tertiary/aromatic N) is 3. The molecule has 0 fully saturated rings. The van der Waals surface area contributed by atoms with Crippen LogP contribution in [-0.2, 0) is 32.8 Å². The number of carbonyl (C=O) groups is 2. The Bertz CT molecular complexity index is 1350. The van der Waals surface area contributed by atoms with Gasteiger partial charge in [0.1, 0.15) is 18.4 Å². The molecule has 202 valence electrons. The average Bonchev–Trinajstić information content (AvgIpc) is 2.89. The summed E-state index contributed by atoms with van der Waals surface area (Å²) in [6, 6.07) is 20.8. The van der Waals surface area contributed by atoms with E-state index in [1.807, 2.05) is 61.5 Å². The topological polar surface area (TPSA) is 90.0 Å². The van der Waals surface area contributed by atoms with Gasteiger partial charge >= 0.3 is 10.2 Å². The van der Waals surface area contributed by atoms with E-state index in [1.54, 1.807) is 0 Å². The molecule has 0 heterocycles. The van der Waals surface area contributed by atoms with Crippen molar-refractivity contribution in [2.75, 3.05) is 32.0 Å². The molecular formula is C28H33FN4O4S. The van der Waals surface area contributed by atoms with Crippen LogP contribution in [0.4, 0.5) is 10.1 Å². The Hall–Kier alpha value is -3.76. The van der Waals surface area contributed by atoms with Gasteiger partial charge in [-0.15, -0.1) is 0 Å². The minimum absolute atomic E-state index is 0.0880. The second kappa shape index (κ2) is 12.7. The van der Waals surface area contributed by atoms with Gasteiger partial charge in [-0.3, -0.25) is 9.59 Å². The van der Waals surface area contributed by atoms with Crippen LogP contribution in [0.25, 0.3) is 0 Å². The van der Waals surface area contributed by atoms with Crippen molar-refractivity contribution in [1.82, 2.24) is 14.5 Å². The highest BCUT2D eigenvalue weighted by Gasteiger charge is 2.34. The minimum atomic E-state index is -4.13. The number of hydrogen-bond donors (Lipinski definition) is 1. The SMILES string of the molecule is CNC(=O)[C@@H](Cc1ccccc1)N(Cc1cccc(C)c1)C(=O)CN(c1ccc(F)cc1)S(=O)(=O)N(C)C. The molecule has 0 saturated carbocycles. The van der Waals surface area contributed by atoms with Gasteiger partial charge in [-0.05, 0) is 42.3 Å². The Kier molecular flexibility index (Phi) is 9.60. The summed E-state index contributed by atoms with van der Waals surface area (Å²) in [4.78, 5) is 28.5. The average molecular weight is 541 g/mol. The molecule has 2 amide bonds. The number of aryl methyl sites for hydroxylation is 1. The van der Waals surface area contributed by atoms with Crippen molar-refractivity contribution in [3.8, 4) is 0 Å². The molecule has 8 nitrogen and oxygen atoms in total. The van der Waals surface area contributed by atoms with Crippen LogP contribution in [0.1, 0.15) is 16.7 Å². The van der Waals surface area contributed by atoms with E-state index in [4.69, 9.17) is 0 Å². The molecule has 3 aromatic carbocycles. The molecule has 1 atom stereocenters. The van der Waals surface area contributed by atoms with Crippen molar-refractivity contribution in [2.45, 2.75) is 25.9 Å². The van der Waals surface area contributed by atoms with E-state index in [2.05, 4.69) is 5.32 Å². The Morgan fingerprint density at radius 1 is 0.921 bits per heavy atom. The Balaban J connectivity index is 2.06. The second-order valence-corrected chi connectivity index (χ2v) is 11.2. The maximum Gasteiger partial charge on any atom is 0.304 e. The van der Waals surface area contributed by atoms with E-state index in [-0.39, 0.29) is 24.6 Å². The van der Waals surface area contributed by atoms with Gasteiger partial charge < -0.3 is 10.2 Å². The van der Waals surface area contributed by atoms with Crippen molar-refractivity contribution in [1.29, 1.82) is 0 Å². The van der Waals surface area contributed by atoms with Crippen molar-refractivity contribution in [3.63, 3.8) is 0 Å². The van der Waals surface area contributed by atoms with Crippen LogP contribution in [0.3, 0.4) is 0 Å². The first-order chi connectivity index (χ1) is 18.0. The maximum atomic E-state index is 14.0. The third-order valence-corrected chi connectivity index (χ3v) is 7.91. The van der Waals surface area contributed by atoms with Crippen LogP contribution in [0.2, 0.25) is 0 Å². The summed E-state index contributed by atoms with van der Waals surface area (Å²) >= 11 is 0. The highest BCUT2D eigenvalue weighted by Crippen LogP contribution is 2.22. The van der Waals surface area contributed by atoms with Crippen molar-refractivity contribution in [3.05, 3.63) is 101 Å². The largest absolute Gasteiger partial charge is 0.357 e. The van der Waals surface area contributed by atoms with Crippen LogP contribution in [0, 0.1) is 12.7 Å². The van der Waals surface area contributed by atoms with E-state index in [1.165, 1.54) is 38.2 Å². The number of halogens is 1. The van der Waals surface area contributed by atoms with Gasteiger partial charge in [-0.25, -0.2) is 8.70 Å². The summed E-state index contributed by atoms with van der Waals surface area (Å²) in [5, 5.41) is 2.64. The predicted molar refractivity (Wildman–Crippen MR) is 146 cm³/mol. The van der Waals surface area contributed by atoms with Gasteiger partial charge in [0.25, 0.3) is 0 Å². The van der Waals surface area contributed by atoms with Crippen molar-refractivity contribution < 1.29 is 22.4 Å². The monoisotopic (exact) mass is 540 g/mol. The van der Waals surface area contributed by atoms with Gasteiger partial charge in [-0.2, -0.15) is 12.7 Å². The fourth-order valence-electron chi connectivity index (χ4n) is 4.05. The highest BCUT2D eigenvalue weighted by atomic mass is 32.2. The molecule has 10 heteroatoms. The fourth-order valence-corrected chi connectivity index (χ4v) is 5.11. The van der Waals surface area contributed by atoms with E-state index in [9.17, 15) is 22.4 Å². The molecular weight excluding hydrogens is 507 g/mol. The molecule has 0 spiro atoms.